The van der Waals surface area contributed by atoms with E-state index in [2.05, 4.69) is 6.07 Å². The van der Waals surface area contributed by atoms with E-state index in [0.717, 1.165) is 11.3 Å². The van der Waals surface area contributed by atoms with E-state index in [4.69, 9.17) is 15.2 Å². The number of methoxy groups -OCH3 is 1. The Morgan fingerprint density at radius 1 is 1.21 bits per heavy atom. The minimum absolute atomic E-state index is 0.0306. The summed E-state index contributed by atoms with van der Waals surface area (Å²) in [7, 11) is 1.66. The van der Waals surface area contributed by atoms with Gasteiger partial charge in [-0.2, -0.15) is 0 Å². The number of rotatable bonds is 6. The van der Waals surface area contributed by atoms with Crippen molar-refractivity contribution in [3.63, 3.8) is 0 Å². The molecule has 0 fully saturated rings. The van der Waals surface area contributed by atoms with Crippen LogP contribution in [0.5, 0.6) is 5.75 Å². The van der Waals surface area contributed by atoms with Crippen molar-refractivity contribution in [2.45, 2.75) is 25.7 Å². The zero-order valence-corrected chi connectivity index (χ0v) is 12.0. The van der Waals surface area contributed by atoms with Crippen LogP contribution in [0.3, 0.4) is 0 Å². The van der Waals surface area contributed by atoms with E-state index in [0.29, 0.717) is 6.61 Å². The Hall–Kier alpha value is -1.36. The third-order valence-electron chi connectivity index (χ3n) is 2.89. The van der Waals surface area contributed by atoms with E-state index in [1.165, 1.54) is 4.88 Å². The molecule has 0 aliphatic carbocycles. The second-order valence-corrected chi connectivity index (χ2v) is 5.43. The van der Waals surface area contributed by atoms with E-state index in [1.54, 1.807) is 18.4 Å². The molecule has 2 N–H and O–H groups in total. The smallest absolute Gasteiger partial charge is 0.118 e. The summed E-state index contributed by atoms with van der Waals surface area (Å²) in [6.45, 7) is 2.52. The number of ether oxygens (including phenoxy) is 2. The van der Waals surface area contributed by atoms with Gasteiger partial charge in [0, 0.05) is 10.9 Å². The van der Waals surface area contributed by atoms with Crippen LogP contribution in [0.4, 0.5) is 0 Å². The molecule has 1 heterocycles. The van der Waals surface area contributed by atoms with Crippen molar-refractivity contribution in [3.05, 3.63) is 52.2 Å². The van der Waals surface area contributed by atoms with Gasteiger partial charge in [-0.25, -0.2) is 0 Å². The van der Waals surface area contributed by atoms with Crippen molar-refractivity contribution in [2.75, 3.05) is 7.11 Å². The maximum Gasteiger partial charge on any atom is 0.118 e. The molecular weight excluding hydrogens is 258 g/mol. The van der Waals surface area contributed by atoms with Crippen LogP contribution in [0.25, 0.3) is 0 Å². The lowest BCUT2D eigenvalue weighted by Gasteiger charge is -2.20. The molecule has 0 spiro atoms. The SMILES string of the molecule is COc1ccc(COC(c2cccs2)C(C)N)cc1. The number of benzene rings is 1. The predicted molar refractivity (Wildman–Crippen MR) is 78.5 cm³/mol. The molecule has 0 aliphatic heterocycles. The molecular formula is C15H19NO2S. The van der Waals surface area contributed by atoms with E-state index in [1.807, 2.05) is 42.6 Å². The fourth-order valence-corrected chi connectivity index (χ4v) is 2.74. The first-order valence-electron chi connectivity index (χ1n) is 6.24. The summed E-state index contributed by atoms with van der Waals surface area (Å²) in [4.78, 5) is 1.17. The standard InChI is InChI=1S/C15H19NO2S/c1-11(16)15(14-4-3-9-19-14)18-10-12-5-7-13(17-2)8-6-12/h3-9,11,15H,10,16H2,1-2H3. The zero-order valence-electron chi connectivity index (χ0n) is 11.2. The van der Waals surface area contributed by atoms with Crippen molar-refractivity contribution >= 4 is 11.3 Å². The number of nitrogens with two attached hydrogens (primary N) is 1. The first-order chi connectivity index (χ1) is 9.20. The Labute approximate surface area is 118 Å². The van der Waals surface area contributed by atoms with Gasteiger partial charge < -0.3 is 15.2 Å². The average Bonchev–Trinajstić information content (AvgIpc) is 2.93. The van der Waals surface area contributed by atoms with E-state index in [-0.39, 0.29) is 12.1 Å². The minimum Gasteiger partial charge on any atom is -0.497 e. The van der Waals surface area contributed by atoms with Gasteiger partial charge in [0.05, 0.1) is 13.7 Å². The largest absolute Gasteiger partial charge is 0.497 e. The Kier molecular flexibility index (Phi) is 4.96. The van der Waals surface area contributed by atoms with Gasteiger partial charge in [0.1, 0.15) is 11.9 Å². The van der Waals surface area contributed by atoms with Crippen LogP contribution < -0.4 is 10.5 Å². The third-order valence-corrected chi connectivity index (χ3v) is 3.82. The molecule has 2 atom stereocenters. The molecule has 3 nitrogen and oxygen atoms in total. The minimum atomic E-state index is -0.0536. The lowest BCUT2D eigenvalue weighted by molar-refractivity contribution is 0.0282. The summed E-state index contributed by atoms with van der Waals surface area (Å²) < 4.78 is 11.1. The topological polar surface area (TPSA) is 44.5 Å². The van der Waals surface area contributed by atoms with Crippen LogP contribution >= 0.6 is 11.3 Å². The maximum absolute atomic E-state index is 6.00. The zero-order chi connectivity index (χ0) is 13.7. The normalized spacial score (nSPS) is 14.1. The second-order valence-electron chi connectivity index (χ2n) is 4.45. The highest BCUT2D eigenvalue weighted by molar-refractivity contribution is 7.10. The van der Waals surface area contributed by atoms with Gasteiger partial charge in [0.2, 0.25) is 0 Å². The summed E-state index contributed by atoms with van der Waals surface area (Å²) in [6.07, 6.45) is -0.0536. The van der Waals surface area contributed by atoms with Gasteiger partial charge in [0.25, 0.3) is 0 Å². The Morgan fingerprint density at radius 3 is 2.47 bits per heavy atom. The molecule has 2 aromatic rings. The van der Waals surface area contributed by atoms with Gasteiger partial charge >= 0.3 is 0 Å². The Balaban J connectivity index is 1.98. The van der Waals surface area contributed by atoms with Gasteiger partial charge in [-0.15, -0.1) is 11.3 Å². The van der Waals surface area contributed by atoms with Crippen molar-refractivity contribution < 1.29 is 9.47 Å². The molecule has 102 valence electrons. The summed E-state index contributed by atoms with van der Waals surface area (Å²) in [5, 5.41) is 2.04. The quantitative estimate of drug-likeness (QED) is 0.880. The monoisotopic (exact) mass is 277 g/mol. The van der Waals surface area contributed by atoms with Crippen LogP contribution in [0.15, 0.2) is 41.8 Å². The number of thiophene rings is 1. The van der Waals surface area contributed by atoms with Gasteiger partial charge in [-0.1, -0.05) is 18.2 Å². The third kappa shape index (κ3) is 3.80. The van der Waals surface area contributed by atoms with Crippen LogP contribution in [0.1, 0.15) is 23.5 Å². The Bertz CT molecular complexity index is 479. The van der Waals surface area contributed by atoms with Crippen molar-refractivity contribution in [2.24, 2.45) is 5.73 Å². The van der Waals surface area contributed by atoms with E-state index < -0.39 is 0 Å². The highest BCUT2D eigenvalue weighted by Gasteiger charge is 2.17. The van der Waals surface area contributed by atoms with Gasteiger partial charge in [-0.3, -0.25) is 0 Å². The first kappa shape index (κ1) is 14.1. The lowest BCUT2D eigenvalue weighted by Crippen LogP contribution is -2.26. The van der Waals surface area contributed by atoms with E-state index in [9.17, 15) is 0 Å². The maximum atomic E-state index is 6.00. The molecule has 4 heteroatoms. The molecule has 0 saturated heterocycles. The van der Waals surface area contributed by atoms with Crippen LogP contribution in [-0.4, -0.2) is 13.2 Å². The fraction of sp³-hybridized carbons (Fsp3) is 0.333. The van der Waals surface area contributed by atoms with Crippen LogP contribution in [0, 0.1) is 0 Å². The van der Waals surface area contributed by atoms with Crippen LogP contribution in [0.2, 0.25) is 0 Å². The summed E-state index contributed by atoms with van der Waals surface area (Å²) in [5.41, 5.74) is 7.11. The molecule has 0 radical (unpaired) electrons. The van der Waals surface area contributed by atoms with Crippen molar-refractivity contribution in [1.82, 2.24) is 0 Å². The molecule has 2 rings (SSSR count). The Morgan fingerprint density at radius 2 is 1.95 bits per heavy atom. The van der Waals surface area contributed by atoms with Gasteiger partial charge in [-0.05, 0) is 36.1 Å². The highest BCUT2D eigenvalue weighted by atomic mass is 32.1. The molecule has 0 saturated carbocycles. The first-order valence-corrected chi connectivity index (χ1v) is 7.12. The molecule has 2 unspecified atom stereocenters. The summed E-state index contributed by atoms with van der Waals surface area (Å²) >= 11 is 1.68. The fourth-order valence-electron chi connectivity index (χ4n) is 1.85. The number of hydrogen-bond donors (Lipinski definition) is 1. The van der Waals surface area contributed by atoms with Crippen LogP contribution in [-0.2, 0) is 11.3 Å². The molecule has 0 amide bonds. The predicted octanol–water partition coefficient (Wildman–Crippen LogP) is 3.36. The number of hydrogen-bond acceptors (Lipinski definition) is 4. The summed E-state index contributed by atoms with van der Waals surface area (Å²) in [5.74, 6) is 0.853. The van der Waals surface area contributed by atoms with Crippen molar-refractivity contribution in [1.29, 1.82) is 0 Å². The average molecular weight is 277 g/mol. The molecule has 1 aromatic carbocycles. The second kappa shape index (κ2) is 6.70. The summed E-state index contributed by atoms with van der Waals surface area (Å²) in [6, 6.07) is 11.9. The molecule has 19 heavy (non-hydrogen) atoms. The molecule has 0 aliphatic rings. The van der Waals surface area contributed by atoms with Crippen molar-refractivity contribution in [3.8, 4) is 5.75 Å². The van der Waals surface area contributed by atoms with E-state index >= 15 is 0 Å². The molecule has 0 bridgehead atoms. The molecule has 1 aromatic heterocycles. The highest BCUT2D eigenvalue weighted by Crippen LogP contribution is 2.26. The van der Waals surface area contributed by atoms with Gasteiger partial charge in [0.15, 0.2) is 0 Å². The lowest BCUT2D eigenvalue weighted by atomic mass is 10.1.